The number of sulfonamides is 1. The molecule has 0 aliphatic rings. The topological polar surface area (TPSA) is 86.1 Å². The van der Waals surface area contributed by atoms with E-state index >= 15 is 0 Å². The van der Waals surface area contributed by atoms with Crippen LogP contribution in [-0.2, 0) is 16.4 Å². The predicted octanol–water partition coefficient (Wildman–Crippen LogP) is 2.17. The summed E-state index contributed by atoms with van der Waals surface area (Å²) in [6.07, 6.45) is 4.01. The van der Waals surface area contributed by atoms with Gasteiger partial charge in [-0.1, -0.05) is 0 Å². The number of methoxy groups -OCH3 is 1. The lowest BCUT2D eigenvalue weighted by Crippen LogP contribution is -2.26. The first-order valence-corrected chi connectivity index (χ1v) is 9.94. The Balaban J connectivity index is 1.62. The summed E-state index contributed by atoms with van der Waals surface area (Å²) in [5.74, 6) is 0.660. The number of hydrogen-bond donors (Lipinski definition) is 1. The van der Waals surface area contributed by atoms with E-state index < -0.39 is 10.0 Å². The Morgan fingerprint density at radius 3 is 2.88 bits per heavy atom. The van der Waals surface area contributed by atoms with Crippen LogP contribution in [0.5, 0.6) is 5.75 Å². The molecule has 1 N–H and O–H groups in total. The number of nitrogens with one attached hydrogen (secondary N) is 1. The van der Waals surface area contributed by atoms with Gasteiger partial charge in [0.15, 0.2) is 0 Å². The van der Waals surface area contributed by atoms with Gasteiger partial charge in [-0.15, -0.1) is 11.3 Å². The highest BCUT2D eigenvalue weighted by molar-refractivity contribution is 7.89. The Morgan fingerprint density at radius 1 is 1.36 bits per heavy atom. The van der Waals surface area contributed by atoms with Crippen molar-refractivity contribution >= 4 is 21.4 Å². The summed E-state index contributed by atoms with van der Waals surface area (Å²) in [5.41, 5.74) is 1.60. The van der Waals surface area contributed by atoms with Crippen molar-refractivity contribution in [3.63, 3.8) is 0 Å². The van der Waals surface area contributed by atoms with Crippen LogP contribution in [0.25, 0.3) is 5.13 Å². The number of aryl methyl sites for hydroxylation is 1. The lowest BCUT2D eigenvalue weighted by atomic mass is 10.2. The van der Waals surface area contributed by atoms with Gasteiger partial charge in [0.05, 0.1) is 17.7 Å². The number of ether oxygens (including phenoxy) is 1. The summed E-state index contributed by atoms with van der Waals surface area (Å²) in [5, 5.41) is 6.79. The lowest BCUT2D eigenvalue weighted by Gasteiger charge is -2.09. The summed E-state index contributed by atoms with van der Waals surface area (Å²) in [6.45, 7) is 2.08. The molecule has 1 aromatic carbocycles. The second kappa shape index (κ2) is 7.34. The Morgan fingerprint density at radius 2 is 2.20 bits per heavy atom. The first-order chi connectivity index (χ1) is 12.0. The fraction of sp³-hybridized carbons (Fsp3) is 0.250. The largest absolute Gasteiger partial charge is 0.496 e. The SMILES string of the molecule is COc1ccc(S(=O)(=O)NCCc2csc(-n3cccn3)n2)cc1C. The molecule has 0 spiro atoms. The minimum atomic E-state index is -3.56. The number of hydrogen-bond acceptors (Lipinski definition) is 6. The molecule has 0 aliphatic carbocycles. The second-order valence-electron chi connectivity index (χ2n) is 5.35. The van der Waals surface area contributed by atoms with Crippen molar-refractivity contribution in [3.8, 4) is 10.9 Å². The molecule has 2 heterocycles. The van der Waals surface area contributed by atoms with Gasteiger partial charge in [0.25, 0.3) is 0 Å². The minimum Gasteiger partial charge on any atom is -0.496 e. The molecule has 25 heavy (non-hydrogen) atoms. The first-order valence-electron chi connectivity index (χ1n) is 7.58. The smallest absolute Gasteiger partial charge is 0.240 e. The lowest BCUT2D eigenvalue weighted by molar-refractivity contribution is 0.411. The molecule has 0 radical (unpaired) electrons. The van der Waals surface area contributed by atoms with Gasteiger partial charge in [-0.3, -0.25) is 0 Å². The molecule has 0 atom stereocenters. The molecule has 0 amide bonds. The van der Waals surface area contributed by atoms with E-state index in [0.717, 1.165) is 16.4 Å². The first kappa shape index (κ1) is 17.6. The number of aromatic nitrogens is 3. The zero-order valence-corrected chi connectivity index (χ0v) is 15.5. The third-order valence-corrected chi connectivity index (χ3v) is 5.93. The molecular formula is C16H18N4O3S2. The summed E-state index contributed by atoms with van der Waals surface area (Å²) in [4.78, 5) is 4.67. The van der Waals surface area contributed by atoms with Crippen molar-refractivity contribution in [2.24, 2.45) is 0 Å². The standard InChI is InChI=1S/C16H18N4O3S2/c1-12-10-14(4-5-15(12)23-2)25(21,22)18-8-6-13-11-24-16(19-13)20-9-3-7-17-20/h3-5,7,9-11,18H,6,8H2,1-2H3. The molecule has 0 saturated carbocycles. The highest BCUT2D eigenvalue weighted by atomic mass is 32.2. The third-order valence-electron chi connectivity index (χ3n) is 3.59. The van der Waals surface area contributed by atoms with E-state index in [1.165, 1.54) is 17.4 Å². The molecule has 2 aromatic heterocycles. The maximum Gasteiger partial charge on any atom is 0.240 e. The fourth-order valence-electron chi connectivity index (χ4n) is 2.31. The van der Waals surface area contributed by atoms with E-state index in [1.807, 2.05) is 24.6 Å². The van der Waals surface area contributed by atoms with Crippen LogP contribution in [0.15, 0.2) is 46.9 Å². The van der Waals surface area contributed by atoms with Crippen molar-refractivity contribution < 1.29 is 13.2 Å². The van der Waals surface area contributed by atoms with Crippen LogP contribution < -0.4 is 9.46 Å². The third kappa shape index (κ3) is 4.06. The van der Waals surface area contributed by atoms with E-state index in [0.29, 0.717) is 12.2 Å². The van der Waals surface area contributed by atoms with Crippen LogP contribution in [0.1, 0.15) is 11.3 Å². The molecule has 0 saturated heterocycles. The van der Waals surface area contributed by atoms with E-state index in [9.17, 15) is 8.42 Å². The average Bonchev–Trinajstić information content (AvgIpc) is 3.26. The van der Waals surface area contributed by atoms with E-state index in [2.05, 4.69) is 14.8 Å². The van der Waals surface area contributed by atoms with E-state index in [-0.39, 0.29) is 11.4 Å². The maximum absolute atomic E-state index is 12.4. The van der Waals surface area contributed by atoms with Crippen molar-refractivity contribution in [2.45, 2.75) is 18.2 Å². The van der Waals surface area contributed by atoms with Gasteiger partial charge in [-0.05, 0) is 36.8 Å². The predicted molar refractivity (Wildman–Crippen MR) is 95.9 cm³/mol. The molecule has 9 heteroatoms. The number of rotatable bonds is 7. The normalized spacial score (nSPS) is 11.6. The highest BCUT2D eigenvalue weighted by Gasteiger charge is 2.15. The van der Waals surface area contributed by atoms with Gasteiger partial charge in [0.1, 0.15) is 5.75 Å². The summed E-state index contributed by atoms with van der Waals surface area (Å²) >= 11 is 1.47. The molecule has 132 valence electrons. The molecular weight excluding hydrogens is 360 g/mol. The van der Waals surface area contributed by atoms with Gasteiger partial charge >= 0.3 is 0 Å². The molecule has 0 unspecified atom stereocenters. The number of nitrogens with zero attached hydrogens (tertiary/aromatic N) is 3. The Bertz CT molecular complexity index is 950. The van der Waals surface area contributed by atoms with Crippen LogP contribution in [0, 0.1) is 6.92 Å². The van der Waals surface area contributed by atoms with Gasteiger partial charge in [0, 0.05) is 30.7 Å². The van der Waals surface area contributed by atoms with Crippen molar-refractivity contribution in [1.82, 2.24) is 19.5 Å². The monoisotopic (exact) mass is 378 g/mol. The van der Waals surface area contributed by atoms with Gasteiger partial charge < -0.3 is 4.74 Å². The Labute approximate surface area is 150 Å². The number of benzene rings is 1. The molecule has 3 aromatic rings. The summed E-state index contributed by atoms with van der Waals surface area (Å²) in [6, 6.07) is 6.61. The maximum atomic E-state index is 12.4. The van der Waals surface area contributed by atoms with Gasteiger partial charge in [-0.25, -0.2) is 22.8 Å². The molecule has 0 aliphatic heterocycles. The second-order valence-corrected chi connectivity index (χ2v) is 7.95. The molecule has 0 bridgehead atoms. The Hall–Kier alpha value is -2.23. The van der Waals surface area contributed by atoms with Gasteiger partial charge in [-0.2, -0.15) is 5.10 Å². The van der Waals surface area contributed by atoms with E-state index in [1.54, 1.807) is 30.1 Å². The zero-order valence-electron chi connectivity index (χ0n) is 13.8. The van der Waals surface area contributed by atoms with Crippen LogP contribution in [0.4, 0.5) is 0 Å². The number of thiazole rings is 1. The molecule has 3 rings (SSSR count). The van der Waals surface area contributed by atoms with Crippen LogP contribution in [-0.4, -0.2) is 36.8 Å². The quantitative estimate of drug-likeness (QED) is 0.681. The summed E-state index contributed by atoms with van der Waals surface area (Å²) in [7, 11) is -2.01. The van der Waals surface area contributed by atoms with Crippen molar-refractivity contribution in [1.29, 1.82) is 0 Å². The summed E-state index contributed by atoms with van der Waals surface area (Å²) < 4.78 is 34.2. The fourth-order valence-corrected chi connectivity index (χ4v) is 4.23. The average molecular weight is 378 g/mol. The van der Waals surface area contributed by atoms with Crippen LogP contribution >= 0.6 is 11.3 Å². The van der Waals surface area contributed by atoms with Crippen molar-refractivity contribution in [2.75, 3.05) is 13.7 Å². The van der Waals surface area contributed by atoms with Crippen molar-refractivity contribution in [3.05, 3.63) is 53.3 Å². The van der Waals surface area contributed by atoms with Gasteiger partial charge in [0.2, 0.25) is 15.2 Å². The molecule has 0 fully saturated rings. The van der Waals surface area contributed by atoms with Crippen LogP contribution in [0.2, 0.25) is 0 Å². The minimum absolute atomic E-state index is 0.223. The molecule has 7 nitrogen and oxygen atoms in total. The Kier molecular flexibility index (Phi) is 5.16. The van der Waals surface area contributed by atoms with Crippen LogP contribution in [0.3, 0.4) is 0 Å². The highest BCUT2D eigenvalue weighted by Crippen LogP contribution is 2.21. The zero-order chi connectivity index (χ0) is 17.9. The van der Waals surface area contributed by atoms with E-state index in [4.69, 9.17) is 4.74 Å².